The summed E-state index contributed by atoms with van der Waals surface area (Å²) in [5.41, 5.74) is 1.31. The van der Waals surface area contributed by atoms with Gasteiger partial charge in [-0.1, -0.05) is 30.3 Å². The molecule has 0 spiro atoms. The van der Waals surface area contributed by atoms with Crippen molar-refractivity contribution in [2.45, 2.75) is 37.8 Å². The molecule has 0 N–H and O–H groups in total. The minimum Gasteiger partial charge on any atom is -0.300 e. The summed E-state index contributed by atoms with van der Waals surface area (Å²) >= 11 is 0. The molecular weight excluding hydrogens is 198 g/mol. The zero-order valence-corrected chi connectivity index (χ0v) is 9.43. The normalized spacial score (nSPS) is 30.4. The third-order valence-electron chi connectivity index (χ3n) is 3.89. The summed E-state index contributed by atoms with van der Waals surface area (Å²) in [7, 11) is 0. The van der Waals surface area contributed by atoms with Crippen LogP contribution >= 0.6 is 0 Å². The molecule has 1 aromatic carbocycles. The van der Waals surface area contributed by atoms with Crippen LogP contribution in [0.4, 0.5) is 0 Å². The molecule has 84 valence electrons. The molecule has 2 saturated heterocycles. The van der Waals surface area contributed by atoms with Crippen LogP contribution in [0.25, 0.3) is 0 Å². The van der Waals surface area contributed by atoms with Crippen molar-refractivity contribution < 1.29 is 4.79 Å². The molecule has 0 radical (unpaired) electrons. The summed E-state index contributed by atoms with van der Waals surface area (Å²) in [5.74, 6) is 0.442. The maximum atomic E-state index is 11.8. The SMILES string of the molecule is O=C1C[C@H]2CCCN2[C@@H](c2ccccc2)C1. The first-order valence-corrected chi connectivity index (χ1v) is 6.17. The lowest BCUT2D eigenvalue weighted by Gasteiger charge is -2.37. The first-order chi connectivity index (χ1) is 7.84. The van der Waals surface area contributed by atoms with Gasteiger partial charge in [-0.15, -0.1) is 0 Å². The summed E-state index contributed by atoms with van der Waals surface area (Å²) in [6.45, 7) is 1.16. The van der Waals surface area contributed by atoms with Gasteiger partial charge in [-0.05, 0) is 24.9 Å². The standard InChI is InChI=1S/C14H17NO/c16-13-9-12-7-4-8-15(12)14(10-13)11-5-2-1-3-6-11/h1-3,5-6,12,14H,4,7-10H2/t12-,14-/m1/s1. The minimum atomic E-state index is 0.343. The predicted octanol–water partition coefficient (Wildman–Crippen LogP) is 2.56. The minimum absolute atomic E-state index is 0.343. The molecule has 2 heterocycles. The van der Waals surface area contributed by atoms with Crippen molar-refractivity contribution in [2.24, 2.45) is 0 Å². The van der Waals surface area contributed by atoms with Crippen LogP contribution < -0.4 is 0 Å². The second kappa shape index (κ2) is 4.02. The lowest BCUT2D eigenvalue weighted by Crippen LogP contribution is -2.40. The zero-order valence-electron chi connectivity index (χ0n) is 9.43. The molecule has 16 heavy (non-hydrogen) atoms. The summed E-state index contributed by atoms with van der Waals surface area (Å²) in [5, 5.41) is 0. The molecule has 0 aliphatic carbocycles. The van der Waals surface area contributed by atoms with Crippen LogP contribution in [0.5, 0.6) is 0 Å². The Balaban J connectivity index is 1.90. The fourth-order valence-electron chi connectivity index (χ4n) is 3.15. The van der Waals surface area contributed by atoms with Crippen molar-refractivity contribution in [2.75, 3.05) is 6.54 Å². The van der Waals surface area contributed by atoms with Gasteiger partial charge in [-0.3, -0.25) is 9.69 Å². The van der Waals surface area contributed by atoms with Gasteiger partial charge in [0.25, 0.3) is 0 Å². The van der Waals surface area contributed by atoms with Gasteiger partial charge in [0.05, 0.1) is 0 Å². The van der Waals surface area contributed by atoms with Crippen LogP contribution in [0.3, 0.4) is 0 Å². The maximum absolute atomic E-state index is 11.8. The van der Waals surface area contributed by atoms with E-state index in [-0.39, 0.29) is 0 Å². The topological polar surface area (TPSA) is 20.3 Å². The van der Waals surface area contributed by atoms with Crippen molar-refractivity contribution >= 4 is 5.78 Å². The van der Waals surface area contributed by atoms with E-state index in [0.29, 0.717) is 24.3 Å². The van der Waals surface area contributed by atoms with E-state index < -0.39 is 0 Å². The van der Waals surface area contributed by atoms with Crippen LogP contribution in [0, 0.1) is 0 Å². The van der Waals surface area contributed by atoms with Crippen LogP contribution in [-0.4, -0.2) is 23.3 Å². The number of carbonyl (C=O) groups excluding carboxylic acids is 1. The molecule has 2 aliphatic heterocycles. The average Bonchev–Trinajstić information content (AvgIpc) is 2.77. The highest BCUT2D eigenvalue weighted by molar-refractivity contribution is 5.80. The molecule has 2 atom stereocenters. The molecule has 0 aromatic heterocycles. The number of ketones is 1. The molecule has 2 aliphatic rings. The Kier molecular flexibility index (Phi) is 2.52. The number of benzene rings is 1. The Morgan fingerprint density at radius 1 is 1.12 bits per heavy atom. The first-order valence-electron chi connectivity index (χ1n) is 6.17. The lowest BCUT2D eigenvalue weighted by atomic mass is 9.91. The van der Waals surface area contributed by atoms with E-state index >= 15 is 0 Å². The number of carbonyl (C=O) groups is 1. The van der Waals surface area contributed by atoms with E-state index in [4.69, 9.17) is 0 Å². The number of piperidine rings is 1. The van der Waals surface area contributed by atoms with Crippen molar-refractivity contribution in [3.05, 3.63) is 35.9 Å². The van der Waals surface area contributed by atoms with Crippen molar-refractivity contribution in [3.63, 3.8) is 0 Å². The van der Waals surface area contributed by atoms with Gasteiger partial charge in [-0.2, -0.15) is 0 Å². The highest BCUT2D eigenvalue weighted by atomic mass is 16.1. The van der Waals surface area contributed by atoms with Crippen molar-refractivity contribution in [3.8, 4) is 0 Å². The number of nitrogens with zero attached hydrogens (tertiary/aromatic N) is 1. The third kappa shape index (κ3) is 1.67. The molecule has 2 nitrogen and oxygen atoms in total. The second-order valence-electron chi connectivity index (χ2n) is 4.91. The fraction of sp³-hybridized carbons (Fsp3) is 0.500. The van der Waals surface area contributed by atoms with E-state index in [2.05, 4.69) is 29.2 Å². The molecule has 0 saturated carbocycles. The fourth-order valence-corrected chi connectivity index (χ4v) is 3.15. The van der Waals surface area contributed by atoms with E-state index in [9.17, 15) is 4.79 Å². The van der Waals surface area contributed by atoms with E-state index in [0.717, 1.165) is 13.0 Å². The van der Waals surface area contributed by atoms with Gasteiger partial charge in [0.2, 0.25) is 0 Å². The number of Topliss-reactive ketones (excluding diaryl/α,β-unsaturated/α-hetero) is 1. The van der Waals surface area contributed by atoms with Gasteiger partial charge >= 0.3 is 0 Å². The van der Waals surface area contributed by atoms with Crippen LogP contribution in [0.2, 0.25) is 0 Å². The monoisotopic (exact) mass is 215 g/mol. The molecule has 0 unspecified atom stereocenters. The van der Waals surface area contributed by atoms with E-state index in [1.165, 1.54) is 18.4 Å². The van der Waals surface area contributed by atoms with Crippen LogP contribution in [0.1, 0.15) is 37.3 Å². The Hall–Kier alpha value is -1.15. The summed E-state index contributed by atoms with van der Waals surface area (Å²) < 4.78 is 0. The van der Waals surface area contributed by atoms with Gasteiger partial charge in [0.1, 0.15) is 5.78 Å². The van der Waals surface area contributed by atoms with E-state index in [1.807, 2.05) is 6.07 Å². The van der Waals surface area contributed by atoms with Crippen LogP contribution in [0.15, 0.2) is 30.3 Å². The largest absolute Gasteiger partial charge is 0.300 e. The zero-order chi connectivity index (χ0) is 11.0. The molecule has 2 fully saturated rings. The molecular formula is C14H17NO. The summed E-state index contributed by atoms with van der Waals surface area (Å²) in [6, 6.07) is 11.3. The van der Waals surface area contributed by atoms with Crippen LogP contribution in [-0.2, 0) is 4.79 Å². The van der Waals surface area contributed by atoms with Gasteiger partial charge in [0, 0.05) is 24.9 Å². The maximum Gasteiger partial charge on any atom is 0.136 e. The predicted molar refractivity (Wildman–Crippen MR) is 63.2 cm³/mol. The Bertz CT molecular complexity index is 387. The van der Waals surface area contributed by atoms with Crippen molar-refractivity contribution in [1.82, 2.24) is 4.90 Å². The third-order valence-corrected chi connectivity index (χ3v) is 3.89. The Labute approximate surface area is 96.3 Å². The van der Waals surface area contributed by atoms with Gasteiger partial charge < -0.3 is 0 Å². The summed E-state index contributed by atoms with van der Waals surface area (Å²) in [6.07, 6.45) is 3.94. The number of fused-ring (bicyclic) bond motifs is 1. The first kappa shape index (κ1) is 10.0. The van der Waals surface area contributed by atoms with Gasteiger partial charge in [0.15, 0.2) is 0 Å². The quantitative estimate of drug-likeness (QED) is 0.717. The lowest BCUT2D eigenvalue weighted by molar-refractivity contribution is -0.124. The Morgan fingerprint density at radius 3 is 2.75 bits per heavy atom. The smallest absolute Gasteiger partial charge is 0.136 e. The number of hydrogen-bond acceptors (Lipinski definition) is 2. The number of rotatable bonds is 1. The van der Waals surface area contributed by atoms with E-state index in [1.54, 1.807) is 0 Å². The molecule has 1 aromatic rings. The molecule has 2 heteroatoms. The molecule has 3 rings (SSSR count). The summed E-state index contributed by atoms with van der Waals surface area (Å²) in [4.78, 5) is 14.3. The second-order valence-corrected chi connectivity index (χ2v) is 4.91. The highest BCUT2D eigenvalue weighted by Crippen LogP contribution is 2.37. The van der Waals surface area contributed by atoms with Crippen molar-refractivity contribution in [1.29, 1.82) is 0 Å². The molecule has 0 amide bonds. The Morgan fingerprint density at radius 2 is 1.94 bits per heavy atom. The number of hydrogen-bond donors (Lipinski definition) is 0. The van der Waals surface area contributed by atoms with Gasteiger partial charge in [-0.25, -0.2) is 0 Å². The highest BCUT2D eigenvalue weighted by Gasteiger charge is 2.37. The molecule has 0 bridgehead atoms. The average molecular weight is 215 g/mol.